The number of aliphatic carboxylic acids is 1. The van der Waals surface area contributed by atoms with Crippen molar-refractivity contribution >= 4 is 11.9 Å². The maximum atomic E-state index is 12.0. The summed E-state index contributed by atoms with van der Waals surface area (Å²) in [4.78, 5) is 22.8. The summed E-state index contributed by atoms with van der Waals surface area (Å²) in [7, 11) is 1.58. The molecule has 1 saturated heterocycles. The van der Waals surface area contributed by atoms with E-state index in [0.717, 1.165) is 0 Å². The molecule has 0 aromatic rings. The van der Waals surface area contributed by atoms with E-state index in [-0.39, 0.29) is 24.2 Å². The Morgan fingerprint density at radius 1 is 1.35 bits per heavy atom. The molecule has 114 valence electrons. The Kier molecular flexibility index (Phi) is 4.95. The molecule has 2 fully saturated rings. The molecule has 0 aromatic carbocycles. The number of carbonyl (C=O) groups excluding carboxylic acids is 1. The highest BCUT2D eigenvalue weighted by Crippen LogP contribution is 2.28. The third-order valence-electron chi connectivity index (χ3n) is 3.82. The van der Waals surface area contributed by atoms with Gasteiger partial charge in [0.15, 0.2) is 6.10 Å². The minimum absolute atomic E-state index is 0.00608. The maximum Gasteiger partial charge on any atom is 0.332 e. The van der Waals surface area contributed by atoms with Crippen LogP contribution in [0.3, 0.4) is 0 Å². The van der Waals surface area contributed by atoms with Crippen molar-refractivity contribution in [2.75, 3.05) is 13.7 Å². The fourth-order valence-electron chi connectivity index (χ4n) is 2.70. The SMILES string of the molecule is CCOC1CC(NC(=O)[C@@H]2CC[C@H](C(=O)O)O2)C1OC. The van der Waals surface area contributed by atoms with Crippen molar-refractivity contribution < 1.29 is 28.9 Å². The van der Waals surface area contributed by atoms with Crippen molar-refractivity contribution in [1.82, 2.24) is 5.32 Å². The number of nitrogens with one attached hydrogen (secondary N) is 1. The number of carboxylic acids is 1. The van der Waals surface area contributed by atoms with Gasteiger partial charge in [-0.2, -0.15) is 0 Å². The molecule has 1 amide bonds. The third kappa shape index (κ3) is 3.11. The van der Waals surface area contributed by atoms with Crippen molar-refractivity contribution in [2.24, 2.45) is 0 Å². The van der Waals surface area contributed by atoms with Crippen LogP contribution in [0.25, 0.3) is 0 Å². The summed E-state index contributed by atoms with van der Waals surface area (Å²) in [6, 6.07) is -0.100. The zero-order valence-electron chi connectivity index (χ0n) is 11.7. The Hall–Kier alpha value is -1.18. The lowest BCUT2D eigenvalue weighted by Gasteiger charge is -2.43. The Bertz CT molecular complexity index is 374. The fraction of sp³-hybridized carbons (Fsp3) is 0.846. The van der Waals surface area contributed by atoms with E-state index < -0.39 is 18.2 Å². The molecule has 2 rings (SSSR count). The summed E-state index contributed by atoms with van der Waals surface area (Å²) >= 11 is 0. The molecule has 5 atom stereocenters. The number of ether oxygens (including phenoxy) is 3. The van der Waals surface area contributed by atoms with E-state index in [2.05, 4.69) is 5.32 Å². The Morgan fingerprint density at radius 3 is 2.60 bits per heavy atom. The summed E-state index contributed by atoms with van der Waals surface area (Å²) < 4.78 is 16.0. The van der Waals surface area contributed by atoms with Gasteiger partial charge in [0.1, 0.15) is 12.2 Å². The second-order valence-corrected chi connectivity index (χ2v) is 5.07. The average Bonchev–Trinajstić information content (AvgIpc) is 2.87. The van der Waals surface area contributed by atoms with Crippen LogP contribution in [-0.2, 0) is 23.8 Å². The van der Waals surface area contributed by atoms with Crippen LogP contribution in [0.5, 0.6) is 0 Å². The number of hydrogen-bond acceptors (Lipinski definition) is 5. The number of carboxylic acid groups (broad SMARTS) is 1. The van der Waals surface area contributed by atoms with Crippen LogP contribution in [0, 0.1) is 0 Å². The number of carbonyl (C=O) groups is 2. The van der Waals surface area contributed by atoms with Gasteiger partial charge in [-0.25, -0.2) is 4.79 Å². The molecule has 0 spiro atoms. The molecule has 3 unspecified atom stereocenters. The topological polar surface area (TPSA) is 94.1 Å². The van der Waals surface area contributed by atoms with Crippen molar-refractivity contribution in [3.8, 4) is 0 Å². The number of hydrogen-bond donors (Lipinski definition) is 2. The fourth-order valence-corrected chi connectivity index (χ4v) is 2.70. The molecule has 1 saturated carbocycles. The van der Waals surface area contributed by atoms with E-state index in [1.54, 1.807) is 7.11 Å². The first-order chi connectivity index (χ1) is 9.56. The lowest BCUT2D eigenvalue weighted by molar-refractivity contribution is -0.156. The first kappa shape index (κ1) is 15.2. The third-order valence-corrected chi connectivity index (χ3v) is 3.82. The summed E-state index contributed by atoms with van der Waals surface area (Å²) in [5, 5.41) is 11.7. The maximum absolute atomic E-state index is 12.0. The minimum atomic E-state index is -1.02. The van der Waals surface area contributed by atoms with Gasteiger partial charge < -0.3 is 24.6 Å². The standard InChI is InChI=1S/C13H21NO6/c1-3-19-10-6-7(11(10)18-2)14-12(15)8-4-5-9(20-8)13(16)17/h7-11H,3-6H2,1-2H3,(H,14,15)(H,16,17)/t7?,8-,9+,10?,11?/m0/s1. The zero-order valence-corrected chi connectivity index (χ0v) is 11.7. The Labute approximate surface area is 117 Å². The average molecular weight is 287 g/mol. The van der Waals surface area contributed by atoms with Gasteiger partial charge in [-0.3, -0.25) is 4.79 Å². The molecule has 2 N–H and O–H groups in total. The largest absolute Gasteiger partial charge is 0.479 e. The zero-order chi connectivity index (χ0) is 14.7. The van der Waals surface area contributed by atoms with Gasteiger partial charge in [-0.1, -0.05) is 0 Å². The van der Waals surface area contributed by atoms with E-state index in [4.69, 9.17) is 19.3 Å². The smallest absolute Gasteiger partial charge is 0.332 e. The van der Waals surface area contributed by atoms with Gasteiger partial charge in [0.25, 0.3) is 0 Å². The lowest BCUT2D eigenvalue weighted by atomic mass is 9.85. The molecule has 1 aliphatic carbocycles. The highest BCUT2D eigenvalue weighted by atomic mass is 16.5. The highest BCUT2D eigenvalue weighted by molar-refractivity contribution is 5.83. The van der Waals surface area contributed by atoms with Crippen molar-refractivity contribution in [3.63, 3.8) is 0 Å². The van der Waals surface area contributed by atoms with Gasteiger partial charge in [0.2, 0.25) is 5.91 Å². The number of amides is 1. The van der Waals surface area contributed by atoms with Crippen molar-refractivity contribution in [2.45, 2.75) is 56.6 Å². The van der Waals surface area contributed by atoms with Crippen molar-refractivity contribution in [1.29, 1.82) is 0 Å². The molecule has 20 heavy (non-hydrogen) atoms. The van der Waals surface area contributed by atoms with Crippen LogP contribution < -0.4 is 5.32 Å². The molecule has 7 nitrogen and oxygen atoms in total. The monoisotopic (exact) mass is 287 g/mol. The highest BCUT2D eigenvalue weighted by Gasteiger charge is 2.44. The van der Waals surface area contributed by atoms with Gasteiger partial charge >= 0.3 is 5.97 Å². The Morgan fingerprint density at radius 2 is 2.05 bits per heavy atom. The summed E-state index contributed by atoms with van der Waals surface area (Å²) in [6.07, 6.45) is -0.203. The molecule has 0 bridgehead atoms. The first-order valence-corrected chi connectivity index (χ1v) is 6.89. The van der Waals surface area contributed by atoms with Gasteiger partial charge in [0.05, 0.1) is 12.1 Å². The molecule has 0 radical (unpaired) electrons. The second-order valence-electron chi connectivity index (χ2n) is 5.07. The van der Waals surface area contributed by atoms with Crippen LogP contribution in [0.2, 0.25) is 0 Å². The molecule has 7 heteroatoms. The van der Waals surface area contributed by atoms with Crippen molar-refractivity contribution in [3.05, 3.63) is 0 Å². The van der Waals surface area contributed by atoms with Crippen LogP contribution in [0.1, 0.15) is 26.2 Å². The van der Waals surface area contributed by atoms with E-state index in [9.17, 15) is 9.59 Å². The van der Waals surface area contributed by atoms with E-state index >= 15 is 0 Å². The van der Waals surface area contributed by atoms with E-state index in [0.29, 0.717) is 25.9 Å². The molecule has 1 heterocycles. The van der Waals surface area contributed by atoms with Gasteiger partial charge in [-0.15, -0.1) is 0 Å². The van der Waals surface area contributed by atoms with E-state index in [1.807, 2.05) is 6.92 Å². The summed E-state index contributed by atoms with van der Waals surface area (Å²) in [6.45, 7) is 2.52. The molecular weight excluding hydrogens is 266 g/mol. The predicted octanol–water partition coefficient (Wildman–Crippen LogP) is -0.0728. The lowest BCUT2D eigenvalue weighted by Crippen LogP contribution is -2.62. The van der Waals surface area contributed by atoms with Crippen LogP contribution in [-0.4, -0.2) is 61.2 Å². The summed E-state index contributed by atoms with van der Waals surface area (Å²) in [5.41, 5.74) is 0. The number of methoxy groups -OCH3 is 1. The second kappa shape index (κ2) is 6.51. The first-order valence-electron chi connectivity index (χ1n) is 6.89. The summed E-state index contributed by atoms with van der Waals surface area (Å²) in [5.74, 6) is -1.29. The molecule has 2 aliphatic rings. The van der Waals surface area contributed by atoms with E-state index in [1.165, 1.54) is 0 Å². The van der Waals surface area contributed by atoms with Crippen LogP contribution in [0.4, 0.5) is 0 Å². The Balaban J connectivity index is 1.80. The molecule has 1 aliphatic heterocycles. The normalized spacial score (nSPS) is 36.4. The quantitative estimate of drug-likeness (QED) is 0.710. The van der Waals surface area contributed by atoms with Gasteiger partial charge in [0, 0.05) is 13.7 Å². The van der Waals surface area contributed by atoms with Crippen LogP contribution in [0.15, 0.2) is 0 Å². The van der Waals surface area contributed by atoms with Crippen LogP contribution >= 0.6 is 0 Å². The molecule has 0 aromatic heterocycles. The molecular formula is C13H21NO6. The number of rotatable bonds is 6. The van der Waals surface area contributed by atoms with Gasteiger partial charge in [-0.05, 0) is 26.2 Å². The predicted molar refractivity (Wildman–Crippen MR) is 68.3 cm³/mol. The minimum Gasteiger partial charge on any atom is -0.479 e.